The second-order valence-electron chi connectivity index (χ2n) is 5.96. The maximum absolute atomic E-state index is 12.7. The minimum Gasteiger partial charge on any atom is -0.497 e. The van der Waals surface area contributed by atoms with Crippen LogP contribution in [0.1, 0.15) is 23.7 Å². The van der Waals surface area contributed by atoms with Gasteiger partial charge in [-0.3, -0.25) is 9.59 Å². The minimum absolute atomic E-state index is 0. The van der Waals surface area contributed by atoms with Crippen molar-refractivity contribution in [2.45, 2.75) is 19.4 Å². The van der Waals surface area contributed by atoms with Gasteiger partial charge in [-0.2, -0.15) is 0 Å². The summed E-state index contributed by atoms with van der Waals surface area (Å²) in [5, 5.41) is 0. The molecule has 1 aromatic carbocycles. The van der Waals surface area contributed by atoms with E-state index in [1.807, 2.05) is 6.92 Å². The number of methoxy groups -OCH3 is 2. The number of rotatable bonds is 5. The molecule has 25 heavy (non-hydrogen) atoms. The van der Waals surface area contributed by atoms with Crippen LogP contribution in [0.25, 0.3) is 0 Å². The first-order chi connectivity index (χ1) is 11.4. The van der Waals surface area contributed by atoms with Crippen LogP contribution in [-0.2, 0) is 4.79 Å². The van der Waals surface area contributed by atoms with Gasteiger partial charge in [-0.05, 0) is 19.1 Å². The van der Waals surface area contributed by atoms with Crippen LogP contribution < -0.4 is 15.2 Å². The molecule has 2 N–H and O–H groups in total. The summed E-state index contributed by atoms with van der Waals surface area (Å²) in [4.78, 5) is 28.2. The predicted octanol–water partition coefficient (Wildman–Crippen LogP) is 1.15. The van der Waals surface area contributed by atoms with Crippen molar-refractivity contribution >= 4 is 24.2 Å². The second kappa shape index (κ2) is 9.48. The quantitative estimate of drug-likeness (QED) is 0.839. The third-order valence-corrected chi connectivity index (χ3v) is 4.01. The first kappa shape index (κ1) is 21.1. The van der Waals surface area contributed by atoms with E-state index in [9.17, 15) is 9.59 Å². The summed E-state index contributed by atoms with van der Waals surface area (Å²) in [6.45, 7) is 3.87. The smallest absolute Gasteiger partial charge is 0.254 e. The van der Waals surface area contributed by atoms with Crippen molar-refractivity contribution in [1.82, 2.24) is 9.80 Å². The summed E-state index contributed by atoms with van der Waals surface area (Å²) in [7, 11) is 3.09. The Morgan fingerprint density at radius 1 is 1.04 bits per heavy atom. The van der Waals surface area contributed by atoms with E-state index < -0.39 is 0 Å². The zero-order chi connectivity index (χ0) is 17.7. The van der Waals surface area contributed by atoms with Crippen LogP contribution in [-0.4, -0.2) is 68.1 Å². The summed E-state index contributed by atoms with van der Waals surface area (Å²) < 4.78 is 10.4. The lowest BCUT2D eigenvalue weighted by molar-refractivity contribution is -0.132. The van der Waals surface area contributed by atoms with Crippen LogP contribution >= 0.6 is 12.4 Å². The number of hydrogen-bond donors (Lipinski definition) is 1. The zero-order valence-corrected chi connectivity index (χ0v) is 15.7. The Bertz CT molecular complexity index is 579. The van der Waals surface area contributed by atoms with Crippen LogP contribution in [0.3, 0.4) is 0 Å². The molecular formula is C17H26ClN3O4. The summed E-state index contributed by atoms with van der Waals surface area (Å²) in [5.41, 5.74) is 6.19. The fourth-order valence-electron chi connectivity index (χ4n) is 2.68. The lowest BCUT2D eigenvalue weighted by Crippen LogP contribution is -2.51. The van der Waals surface area contributed by atoms with Crippen LogP contribution in [0.15, 0.2) is 18.2 Å². The summed E-state index contributed by atoms with van der Waals surface area (Å²) in [5.74, 6) is 1.10. The van der Waals surface area contributed by atoms with Gasteiger partial charge in [0.2, 0.25) is 5.91 Å². The zero-order valence-electron chi connectivity index (χ0n) is 14.9. The number of nitrogens with zero attached hydrogens (tertiary/aromatic N) is 2. The van der Waals surface area contributed by atoms with Crippen molar-refractivity contribution < 1.29 is 19.1 Å². The van der Waals surface area contributed by atoms with E-state index in [-0.39, 0.29) is 30.3 Å². The molecule has 1 aliphatic heterocycles. The van der Waals surface area contributed by atoms with E-state index in [2.05, 4.69) is 0 Å². The standard InChI is InChI=1S/C17H25N3O4.ClH/c1-12(18)8-16(21)19-4-6-20(7-5-19)17(22)13-9-14(23-2)11-15(10-13)24-3;/h9-12H,4-8,18H2,1-3H3;1H. The Balaban J connectivity index is 0.00000312. The van der Waals surface area contributed by atoms with Gasteiger partial charge in [-0.15, -0.1) is 12.4 Å². The lowest BCUT2D eigenvalue weighted by atomic mass is 10.1. The molecule has 7 nitrogen and oxygen atoms in total. The number of carbonyl (C=O) groups excluding carboxylic acids is 2. The number of hydrogen-bond acceptors (Lipinski definition) is 5. The molecule has 1 atom stereocenters. The summed E-state index contributed by atoms with van der Waals surface area (Å²) in [6, 6.07) is 4.96. The van der Waals surface area contributed by atoms with Gasteiger partial charge in [-0.25, -0.2) is 0 Å². The first-order valence-electron chi connectivity index (χ1n) is 8.00. The van der Waals surface area contributed by atoms with Gasteiger partial charge >= 0.3 is 0 Å². The van der Waals surface area contributed by atoms with Crippen LogP contribution in [0.5, 0.6) is 11.5 Å². The van der Waals surface area contributed by atoms with E-state index in [0.717, 1.165) is 0 Å². The molecule has 0 saturated carbocycles. The highest BCUT2D eigenvalue weighted by Crippen LogP contribution is 2.23. The van der Waals surface area contributed by atoms with Gasteiger partial charge < -0.3 is 25.0 Å². The largest absolute Gasteiger partial charge is 0.497 e. The molecule has 2 amide bonds. The molecule has 0 aliphatic carbocycles. The van der Waals surface area contributed by atoms with E-state index in [1.54, 1.807) is 42.2 Å². The maximum atomic E-state index is 12.7. The van der Waals surface area contributed by atoms with Gasteiger partial charge in [0.05, 0.1) is 14.2 Å². The number of carbonyl (C=O) groups is 2. The van der Waals surface area contributed by atoms with Crippen molar-refractivity contribution in [1.29, 1.82) is 0 Å². The predicted molar refractivity (Wildman–Crippen MR) is 97.5 cm³/mol. The number of benzene rings is 1. The number of ether oxygens (including phenoxy) is 2. The third kappa shape index (κ3) is 5.51. The van der Waals surface area contributed by atoms with Gasteiger partial charge in [0.25, 0.3) is 5.91 Å². The number of nitrogens with two attached hydrogens (primary N) is 1. The second-order valence-corrected chi connectivity index (χ2v) is 5.96. The SMILES string of the molecule is COc1cc(OC)cc(C(=O)N2CCN(C(=O)CC(C)N)CC2)c1.Cl. The molecule has 0 spiro atoms. The Labute approximate surface area is 154 Å². The maximum Gasteiger partial charge on any atom is 0.254 e. The summed E-state index contributed by atoms with van der Waals surface area (Å²) >= 11 is 0. The van der Waals surface area contributed by atoms with Gasteiger partial charge in [0.15, 0.2) is 0 Å². The molecular weight excluding hydrogens is 346 g/mol. The molecule has 2 rings (SSSR count). The number of amides is 2. The Hall–Kier alpha value is -1.99. The fraction of sp³-hybridized carbons (Fsp3) is 0.529. The average molecular weight is 372 g/mol. The van der Waals surface area contributed by atoms with Crippen LogP contribution in [0, 0.1) is 0 Å². The van der Waals surface area contributed by atoms with E-state index in [4.69, 9.17) is 15.2 Å². The van der Waals surface area contributed by atoms with Crippen LogP contribution in [0.4, 0.5) is 0 Å². The highest BCUT2D eigenvalue weighted by atomic mass is 35.5. The number of halogens is 1. The van der Waals surface area contributed by atoms with Gasteiger partial charge in [0.1, 0.15) is 11.5 Å². The fourth-order valence-corrected chi connectivity index (χ4v) is 2.68. The Morgan fingerprint density at radius 2 is 1.52 bits per heavy atom. The molecule has 1 heterocycles. The summed E-state index contributed by atoms with van der Waals surface area (Å²) in [6.07, 6.45) is 0.334. The molecule has 1 aliphatic rings. The van der Waals surface area contributed by atoms with Gasteiger partial charge in [-0.1, -0.05) is 0 Å². The molecule has 140 valence electrons. The monoisotopic (exact) mass is 371 g/mol. The van der Waals surface area contributed by atoms with Gasteiger partial charge in [0, 0.05) is 50.3 Å². The average Bonchev–Trinajstić information content (AvgIpc) is 2.60. The van der Waals surface area contributed by atoms with E-state index in [0.29, 0.717) is 49.7 Å². The van der Waals surface area contributed by atoms with E-state index in [1.165, 1.54) is 0 Å². The molecule has 8 heteroatoms. The van der Waals surface area contributed by atoms with Crippen LogP contribution in [0.2, 0.25) is 0 Å². The topological polar surface area (TPSA) is 85.1 Å². The third-order valence-electron chi connectivity index (χ3n) is 4.01. The van der Waals surface area contributed by atoms with Crippen molar-refractivity contribution in [2.75, 3.05) is 40.4 Å². The normalized spacial score (nSPS) is 15.2. The first-order valence-corrected chi connectivity index (χ1v) is 8.00. The Kier molecular flexibility index (Phi) is 7.99. The van der Waals surface area contributed by atoms with E-state index >= 15 is 0 Å². The van der Waals surface area contributed by atoms with Crippen molar-refractivity contribution in [2.24, 2.45) is 5.73 Å². The molecule has 1 aromatic rings. The lowest BCUT2D eigenvalue weighted by Gasteiger charge is -2.35. The van der Waals surface area contributed by atoms with Crippen molar-refractivity contribution in [3.05, 3.63) is 23.8 Å². The highest BCUT2D eigenvalue weighted by Gasteiger charge is 2.25. The molecule has 1 fully saturated rings. The number of piperazine rings is 1. The van der Waals surface area contributed by atoms with Crippen molar-refractivity contribution in [3.63, 3.8) is 0 Å². The highest BCUT2D eigenvalue weighted by molar-refractivity contribution is 5.95. The molecule has 1 unspecified atom stereocenters. The molecule has 0 aromatic heterocycles. The Morgan fingerprint density at radius 3 is 1.96 bits per heavy atom. The molecule has 1 saturated heterocycles. The molecule has 0 bridgehead atoms. The van der Waals surface area contributed by atoms with Crippen molar-refractivity contribution in [3.8, 4) is 11.5 Å². The minimum atomic E-state index is -0.151. The molecule has 0 radical (unpaired) electrons.